The molecular weight excluding hydrogens is 162 g/mol. The predicted molar refractivity (Wildman–Crippen MR) is 55.9 cm³/mol. The third kappa shape index (κ3) is 2.23. The molecule has 0 bridgehead atoms. The second kappa shape index (κ2) is 4.43. The number of ether oxygens (including phenoxy) is 1. The van der Waals surface area contributed by atoms with E-state index in [0.29, 0.717) is 12.1 Å². The van der Waals surface area contributed by atoms with Gasteiger partial charge < -0.3 is 10.1 Å². The van der Waals surface area contributed by atoms with Gasteiger partial charge in [0.2, 0.25) is 0 Å². The van der Waals surface area contributed by atoms with E-state index in [-0.39, 0.29) is 5.54 Å². The highest BCUT2D eigenvalue weighted by Gasteiger charge is 2.35. The van der Waals surface area contributed by atoms with Crippen molar-refractivity contribution in [2.45, 2.75) is 64.6 Å². The normalized spacial score (nSPS) is 33.2. The van der Waals surface area contributed by atoms with Gasteiger partial charge in [-0.05, 0) is 26.2 Å². The van der Waals surface area contributed by atoms with Crippen LogP contribution in [0.4, 0.5) is 0 Å². The second-order valence-corrected chi connectivity index (χ2v) is 4.18. The van der Waals surface area contributed by atoms with Crippen LogP contribution in [0.1, 0.15) is 47.0 Å². The summed E-state index contributed by atoms with van der Waals surface area (Å²) in [5.41, 5.74) is 0.241. The molecule has 2 heteroatoms. The number of rotatable bonds is 3. The van der Waals surface area contributed by atoms with E-state index in [1.807, 2.05) is 0 Å². The first-order valence-corrected chi connectivity index (χ1v) is 5.56. The number of hydrogen-bond donors (Lipinski definition) is 1. The maximum Gasteiger partial charge on any atom is 0.0723 e. The first kappa shape index (κ1) is 11.0. The van der Waals surface area contributed by atoms with Gasteiger partial charge >= 0.3 is 0 Å². The van der Waals surface area contributed by atoms with Crippen LogP contribution in [0, 0.1) is 0 Å². The van der Waals surface area contributed by atoms with Crippen LogP contribution in [-0.2, 0) is 4.74 Å². The molecule has 1 aliphatic heterocycles. The summed E-state index contributed by atoms with van der Waals surface area (Å²) in [5.74, 6) is 0. The Morgan fingerprint density at radius 1 is 1.31 bits per heavy atom. The van der Waals surface area contributed by atoms with Crippen LogP contribution in [0.2, 0.25) is 0 Å². The molecule has 2 nitrogen and oxygen atoms in total. The van der Waals surface area contributed by atoms with Crippen molar-refractivity contribution in [3.8, 4) is 0 Å². The minimum atomic E-state index is 0.241. The van der Waals surface area contributed by atoms with Crippen molar-refractivity contribution in [1.29, 1.82) is 0 Å². The summed E-state index contributed by atoms with van der Waals surface area (Å²) in [6, 6.07) is 0.499. The van der Waals surface area contributed by atoms with Crippen molar-refractivity contribution in [2.75, 3.05) is 6.61 Å². The Bertz CT molecular complexity index is 154. The van der Waals surface area contributed by atoms with Crippen molar-refractivity contribution in [2.24, 2.45) is 0 Å². The zero-order chi connectivity index (χ0) is 9.90. The average molecular weight is 185 g/mol. The van der Waals surface area contributed by atoms with Crippen LogP contribution in [0.15, 0.2) is 0 Å². The highest BCUT2D eigenvalue weighted by Crippen LogP contribution is 2.24. The molecule has 1 saturated heterocycles. The summed E-state index contributed by atoms with van der Waals surface area (Å²) in [5, 5.41) is 3.71. The molecule has 0 aromatic heterocycles. The molecule has 0 aliphatic carbocycles. The summed E-state index contributed by atoms with van der Waals surface area (Å²) >= 11 is 0. The van der Waals surface area contributed by atoms with Crippen molar-refractivity contribution >= 4 is 0 Å². The van der Waals surface area contributed by atoms with E-state index in [1.165, 1.54) is 0 Å². The lowest BCUT2D eigenvalue weighted by atomic mass is 9.89. The van der Waals surface area contributed by atoms with Gasteiger partial charge in [0.25, 0.3) is 0 Å². The lowest BCUT2D eigenvalue weighted by Gasteiger charge is -2.44. The fourth-order valence-corrected chi connectivity index (χ4v) is 2.16. The molecule has 1 N–H and O–H groups in total. The molecule has 78 valence electrons. The van der Waals surface area contributed by atoms with Gasteiger partial charge in [-0.3, -0.25) is 0 Å². The first-order chi connectivity index (χ1) is 6.17. The third-order valence-corrected chi connectivity index (χ3v) is 3.42. The van der Waals surface area contributed by atoms with Gasteiger partial charge in [-0.15, -0.1) is 0 Å². The highest BCUT2D eigenvalue weighted by atomic mass is 16.5. The smallest absolute Gasteiger partial charge is 0.0723 e. The Kier molecular flexibility index (Phi) is 3.74. The molecule has 0 aromatic carbocycles. The monoisotopic (exact) mass is 185 g/mol. The van der Waals surface area contributed by atoms with Crippen molar-refractivity contribution < 1.29 is 4.74 Å². The molecule has 1 heterocycles. The third-order valence-electron chi connectivity index (χ3n) is 3.42. The molecule has 0 aromatic rings. The van der Waals surface area contributed by atoms with E-state index >= 15 is 0 Å². The molecule has 1 aliphatic rings. The van der Waals surface area contributed by atoms with Crippen LogP contribution in [0.3, 0.4) is 0 Å². The van der Waals surface area contributed by atoms with Crippen LogP contribution in [-0.4, -0.2) is 24.3 Å². The van der Waals surface area contributed by atoms with Gasteiger partial charge in [0, 0.05) is 11.6 Å². The highest BCUT2D eigenvalue weighted by molar-refractivity contribution is 4.93. The Balaban J connectivity index is 2.57. The molecule has 2 unspecified atom stereocenters. The quantitative estimate of drug-likeness (QED) is 0.728. The summed E-state index contributed by atoms with van der Waals surface area (Å²) < 4.78 is 5.87. The van der Waals surface area contributed by atoms with Gasteiger partial charge in [0.05, 0.1) is 12.7 Å². The number of morpholine rings is 1. The zero-order valence-corrected chi connectivity index (χ0v) is 9.39. The number of nitrogens with one attached hydrogen (secondary N) is 1. The molecule has 0 saturated carbocycles. The van der Waals surface area contributed by atoms with Gasteiger partial charge in [-0.1, -0.05) is 20.8 Å². The number of hydrogen-bond acceptors (Lipinski definition) is 2. The Hall–Kier alpha value is -0.0800. The zero-order valence-electron chi connectivity index (χ0n) is 9.39. The van der Waals surface area contributed by atoms with Gasteiger partial charge in [0.15, 0.2) is 0 Å². The van der Waals surface area contributed by atoms with Crippen LogP contribution in [0.5, 0.6) is 0 Å². The van der Waals surface area contributed by atoms with E-state index in [1.54, 1.807) is 0 Å². The van der Waals surface area contributed by atoms with Crippen LogP contribution < -0.4 is 5.32 Å². The van der Waals surface area contributed by atoms with Crippen LogP contribution in [0.25, 0.3) is 0 Å². The summed E-state index contributed by atoms with van der Waals surface area (Å²) in [7, 11) is 0. The summed E-state index contributed by atoms with van der Waals surface area (Å²) in [4.78, 5) is 0. The Labute approximate surface area is 82.0 Å². The molecule has 0 spiro atoms. The van der Waals surface area contributed by atoms with E-state index in [2.05, 4.69) is 33.0 Å². The van der Waals surface area contributed by atoms with Crippen molar-refractivity contribution in [3.05, 3.63) is 0 Å². The first-order valence-electron chi connectivity index (χ1n) is 5.56. The summed E-state index contributed by atoms with van der Waals surface area (Å²) in [6.45, 7) is 9.77. The molecule has 13 heavy (non-hydrogen) atoms. The molecule has 0 radical (unpaired) electrons. The van der Waals surface area contributed by atoms with Crippen LogP contribution >= 0.6 is 0 Å². The van der Waals surface area contributed by atoms with Gasteiger partial charge in [-0.25, -0.2) is 0 Å². The molecule has 1 rings (SSSR count). The van der Waals surface area contributed by atoms with Crippen molar-refractivity contribution in [1.82, 2.24) is 5.32 Å². The van der Waals surface area contributed by atoms with E-state index in [0.717, 1.165) is 25.9 Å². The van der Waals surface area contributed by atoms with E-state index in [4.69, 9.17) is 4.74 Å². The lowest BCUT2D eigenvalue weighted by molar-refractivity contribution is -0.0621. The Morgan fingerprint density at radius 2 is 1.92 bits per heavy atom. The fraction of sp³-hybridized carbons (Fsp3) is 1.00. The maximum atomic E-state index is 5.87. The minimum absolute atomic E-state index is 0.241. The molecule has 0 amide bonds. The molecule has 2 atom stereocenters. The Morgan fingerprint density at radius 3 is 2.31 bits per heavy atom. The molecule has 1 fully saturated rings. The SMILES string of the molecule is CCC1OCC(CC)(CC)NC1C. The van der Waals surface area contributed by atoms with Gasteiger partial charge in [0.1, 0.15) is 0 Å². The van der Waals surface area contributed by atoms with E-state index in [9.17, 15) is 0 Å². The minimum Gasteiger partial charge on any atom is -0.375 e. The predicted octanol–water partition coefficient (Wildman–Crippen LogP) is 2.33. The fourth-order valence-electron chi connectivity index (χ4n) is 2.16. The topological polar surface area (TPSA) is 21.3 Å². The lowest BCUT2D eigenvalue weighted by Crippen LogP contribution is -2.60. The summed E-state index contributed by atoms with van der Waals surface area (Å²) in [6.07, 6.45) is 3.83. The van der Waals surface area contributed by atoms with Gasteiger partial charge in [-0.2, -0.15) is 0 Å². The standard InChI is InChI=1S/C11H23NO/c1-5-10-9(4)12-11(6-2,7-3)8-13-10/h9-10,12H,5-8H2,1-4H3. The van der Waals surface area contributed by atoms with Crippen molar-refractivity contribution in [3.63, 3.8) is 0 Å². The average Bonchev–Trinajstić information content (AvgIpc) is 2.17. The van der Waals surface area contributed by atoms with E-state index < -0.39 is 0 Å². The largest absolute Gasteiger partial charge is 0.375 e. The second-order valence-electron chi connectivity index (χ2n) is 4.18. The molecular formula is C11H23NO. The maximum absolute atomic E-state index is 5.87.